The minimum atomic E-state index is -2.72. The van der Waals surface area contributed by atoms with Crippen LogP contribution in [-0.4, -0.2) is 10.8 Å². The second-order valence-electron chi connectivity index (χ2n) is 3.71. The Labute approximate surface area is 102 Å². The van der Waals surface area contributed by atoms with Crippen LogP contribution in [0.4, 0.5) is 14.5 Å². The molecule has 0 saturated heterocycles. The molecule has 0 spiro atoms. The molecule has 0 aliphatic carbocycles. The second kappa shape index (κ2) is 4.91. The number of rotatable bonds is 3. The van der Waals surface area contributed by atoms with Gasteiger partial charge in [0, 0.05) is 34.8 Å². The van der Waals surface area contributed by atoms with Crippen LogP contribution >= 0.6 is 0 Å². The number of nitrogen functional groups attached to an aromatic ring is 1. The molecule has 1 aromatic heterocycles. The van der Waals surface area contributed by atoms with E-state index in [0.29, 0.717) is 5.56 Å². The molecular formula is C13H10F2N2O. The third-order valence-electron chi connectivity index (χ3n) is 2.50. The van der Waals surface area contributed by atoms with Crippen molar-refractivity contribution in [3.8, 4) is 0 Å². The van der Waals surface area contributed by atoms with E-state index in [1.807, 2.05) is 0 Å². The quantitative estimate of drug-likeness (QED) is 0.671. The van der Waals surface area contributed by atoms with E-state index in [1.54, 1.807) is 0 Å². The summed E-state index contributed by atoms with van der Waals surface area (Å²) in [6.45, 7) is 0. The van der Waals surface area contributed by atoms with E-state index in [1.165, 1.54) is 42.7 Å². The van der Waals surface area contributed by atoms with Crippen LogP contribution in [0.2, 0.25) is 0 Å². The third kappa shape index (κ3) is 2.34. The van der Waals surface area contributed by atoms with E-state index >= 15 is 0 Å². The van der Waals surface area contributed by atoms with Crippen LogP contribution in [0.3, 0.4) is 0 Å². The van der Waals surface area contributed by atoms with Gasteiger partial charge in [0.05, 0.1) is 0 Å². The number of benzene rings is 1. The molecule has 0 radical (unpaired) electrons. The Morgan fingerprint density at radius 1 is 1.17 bits per heavy atom. The molecule has 0 atom stereocenters. The minimum absolute atomic E-state index is 0.0730. The van der Waals surface area contributed by atoms with Crippen molar-refractivity contribution in [3.05, 3.63) is 59.4 Å². The van der Waals surface area contributed by atoms with Crippen LogP contribution < -0.4 is 5.73 Å². The highest BCUT2D eigenvalue weighted by atomic mass is 19.3. The molecule has 2 rings (SSSR count). The first-order valence-electron chi connectivity index (χ1n) is 5.22. The van der Waals surface area contributed by atoms with Gasteiger partial charge in [-0.3, -0.25) is 9.78 Å². The number of anilines is 1. The lowest BCUT2D eigenvalue weighted by molar-refractivity contribution is 0.102. The topological polar surface area (TPSA) is 56.0 Å². The predicted molar refractivity (Wildman–Crippen MR) is 63.5 cm³/mol. The van der Waals surface area contributed by atoms with Crippen molar-refractivity contribution in [2.45, 2.75) is 6.43 Å². The number of hydrogen-bond donors (Lipinski definition) is 1. The number of pyridine rings is 1. The molecule has 0 aliphatic heterocycles. The van der Waals surface area contributed by atoms with Crippen molar-refractivity contribution >= 4 is 11.5 Å². The third-order valence-corrected chi connectivity index (χ3v) is 2.50. The second-order valence-corrected chi connectivity index (χ2v) is 3.71. The lowest BCUT2D eigenvalue weighted by Gasteiger charge is -2.08. The number of ketones is 1. The van der Waals surface area contributed by atoms with E-state index in [9.17, 15) is 13.6 Å². The molecule has 1 heterocycles. The molecule has 0 saturated carbocycles. The largest absolute Gasteiger partial charge is 0.399 e. The summed E-state index contributed by atoms with van der Waals surface area (Å²) in [6, 6.07) is 6.74. The maximum Gasteiger partial charge on any atom is 0.264 e. The Hall–Kier alpha value is -2.30. The van der Waals surface area contributed by atoms with Gasteiger partial charge in [0.25, 0.3) is 6.43 Å². The molecule has 18 heavy (non-hydrogen) atoms. The SMILES string of the molecule is Nc1ccc(C(F)F)c(C(=O)c2ccncc2)c1. The van der Waals surface area contributed by atoms with Gasteiger partial charge in [-0.15, -0.1) is 0 Å². The summed E-state index contributed by atoms with van der Waals surface area (Å²) in [5, 5.41) is 0. The molecule has 5 heteroatoms. The smallest absolute Gasteiger partial charge is 0.264 e. The average Bonchev–Trinajstić information content (AvgIpc) is 2.38. The summed E-state index contributed by atoms with van der Waals surface area (Å²) in [6.07, 6.45) is 0.148. The maximum absolute atomic E-state index is 12.8. The van der Waals surface area contributed by atoms with Gasteiger partial charge in [-0.2, -0.15) is 0 Å². The zero-order chi connectivity index (χ0) is 13.1. The standard InChI is InChI=1S/C13H10F2N2O/c14-13(15)10-2-1-9(16)7-11(10)12(18)8-3-5-17-6-4-8/h1-7,13H,16H2. The number of nitrogens with two attached hydrogens (primary N) is 1. The highest BCUT2D eigenvalue weighted by Crippen LogP contribution is 2.26. The molecule has 2 aromatic rings. The van der Waals surface area contributed by atoms with Crippen LogP contribution in [0, 0.1) is 0 Å². The van der Waals surface area contributed by atoms with Crippen LogP contribution in [0.15, 0.2) is 42.7 Å². The zero-order valence-corrected chi connectivity index (χ0v) is 9.31. The summed E-state index contributed by atoms with van der Waals surface area (Å²) in [7, 11) is 0. The molecular weight excluding hydrogens is 238 g/mol. The average molecular weight is 248 g/mol. The van der Waals surface area contributed by atoms with Crippen molar-refractivity contribution in [3.63, 3.8) is 0 Å². The van der Waals surface area contributed by atoms with Crippen LogP contribution in [0.25, 0.3) is 0 Å². The monoisotopic (exact) mass is 248 g/mol. The van der Waals surface area contributed by atoms with E-state index in [4.69, 9.17) is 5.73 Å². The van der Waals surface area contributed by atoms with Gasteiger partial charge >= 0.3 is 0 Å². The van der Waals surface area contributed by atoms with Crippen molar-refractivity contribution in [1.29, 1.82) is 0 Å². The maximum atomic E-state index is 12.8. The first-order valence-corrected chi connectivity index (χ1v) is 5.22. The molecule has 0 fully saturated rings. The molecule has 3 nitrogen and oxygen atoms in total. The summed E-state index contributed by atoms with van der Waals surface area (Å²) in [4.78, 5) is 15.9. The van der Waals surface area contributed by atoms with E-state index in [-0.39, 0.29) is 16.8 Å². The molecule has 0 unspecified atom stereocenters. The fourth-order valence-electron chi connectivity index (χ4n) is 1.62. The Kier molecular flexibility index (Phi) is 3.32. The Balaban J connectivity index is 2.50. The summed E-state index contributed by atoms with van der Waals surface area (Å²) >= 11 is 0. The van der Waals surface area contributed by atoms with Crippen molar-refractivity contribution in [2.75, 3.05) is 5.73 Å². The van der Waals surface area contributed by atoms with Gasteiger partial charge in [-0.1, -0.05) is 6.07 Å². The highest BCUT2D eigenvalue weighted by molar-refractivity contribution is 6.10. The van der Waals surface area contributed by atoms with Gasteiger partial charge in [-0.05, 0) is 24.3 Å². The highest BCUT2D eigenvalue weighted by Gasteiger charge is 2.19. The summed E-state index contributed by atoms with van der Waals surface area (Å²) < 4.78 is 25.7. The fraction of sp³-hybridized carbons (Fsp3) is 0.0769. The normalized spacial score (nSPS) is 10.6. The molecule has 0 bridgehead atoms. The molecule has 92 valence electrons. The summed E-state index contributed by atoms with van der Waals surface area (Å²) in [5.74, 6) is -0.486. The van der Waals surface area contributed by atoms with Gasteiger partial charge in [-0.25, -0.2) is 8.78 Å². The van der Waals surface area contributed by atoms with Crippen molar-refractivity contribution in [2.24, 2.45) is 0 Å². The van der Waals surface area contributed by atoms with E-state index in [2.05, 4.69) is 4.98 Å². The number of halogens is 2. The van der Waals surface area contributed by atoms with Crippen molar-refractivity contribution < 1.29 is 13.6 Å². The van der Waals surface area contributed by atoms with Gasteiger partial charge in [0.2, 0.25) is 0 Å². The summed E-state index contributed by atoms with van der Waals surface area (Å²) in [5.41, 5.74) is 5.73. The van der Waals surface area contributed by atoms with E-state index in [0.717, 1.165) is 0 Å². The fourth-order valence-corrected chi connectivity index (χ4v) is 1.62. The van der Waals surface area contributed by atoms with Crippen LogP contribution in [0.5, 0.6) is 0 Å². The van der Waals surface area contributed by atoms with Gasteiger partial charge < -0.3 is 5.73 Å². The number of nitrogens with zero attached hydrogens (tertiary/aromatic N) is 1. The zero-order valence-electron chi connectivity index (χ0n) is 9.31. The molecule has 0 aliphatic rings. The molecule has 2 N–H and O–H groups in total. The molecule has 1 aromatic carbocycles. The van der Waals surface area contributed by atoms with Gasteiger partial charge in [0.15, 0.2) is 5.78 Å². The molecule has 0 amide bonds. The lowest BCUT2D eigenvalue weighted by atomic mass is 9.98. The van der Waals surface area contributed by atoms with Crippen LogP contribution in [0.1, 0.15) is 27.9 Å². The number of carbonyl (C=O) groups excluding carboxylic acids is 1. The number of carbonyl (C=O) groups is 1. The minimum Gasteiger partial charge on any atom is -0.399 e. The number of aromatic nitrogens is 1. The Morgan fingerprint density at radius 3 is 2.44 bits per heavy atom. The van der Waals surface area contributed by atoms with E-state index < -0.39 is 12.2 Å². The van der Waals surface area contributed by atoms with Gasteiger partial charge in [0.1, 0.15) is 0 Å². The lowest BCUT2D eigenvalue weighted by Crippen LogP contribution is -2.07. The Bertz CT molecular complexity index is 570. The first-order chi connectivity index (χ1) is 8.59. The predicted octanol–water partition coefficient (Wildman–Crippen LogP) is 2.83. The van der Waals surface area contributed by atoms with Crippen molar-refractivity contribution in [1.82, 2.24) is 4.98 Å². The Morgan fingerprint density at radius 2 is 1.83 bits per heavy atom. The number of hydrogen-bond acceptors (Lipinski definition) is 3. The van der Waals surface area contributed by atoms with Crippen LogP contribution in [-0.2, 0) is 0 Å². The number of alkyl halides is 2. The first kappa shape index (κ1) is 12.2.